The fourth-order valence-corrected chi connectivity index (χ4v) is 2.55. The Morgan fingerprint density at radius 1 is 1.04 bits per heavy atom. The summed E-state index contributed by atoms with van der Waals surface area (Å²) in [5.74, 6) is 0.815. The first-order chi connectivity index (χ1) is 11.7. The molecule has 2 rings (SSSR count). The topological polar surface area (TPSA) is 63.4 Å². The van der Waals surface area contributed by atoms with Crippen LogP contribution in [0.25, 0.3) is 0 Å². The van der Waals surface area contributed by atoms with Crippen molar-refractivity contribution in [3.05, 3.63) is 58.8 Å². The minimum absolute atomic E-state index is 0. The molecule has 0 saturated carbocycles. The van der Waals surface area contributed by atoms with Crippen LogP contribution in [0.5, 0.6) is 0 Å². The van der Waals surface area contributed by atoms with Crippen LogP contribution in [0.15, 0.2) is 52.5 Å². The van der Waals surface area contributed by atoms with Gasteiger partial charge >= 0.3 is 0 Å². The van der Waals surface area contributed by atoms with Gasteiger partial charge in [-0.2, -0.15) is 0 Å². The van der Waals surface area contributed by atoms with Gasteiger partial charge in [0.05, 0.1) is 0 Å². The van der Waals surface area contributed by atoms with Crippen molar-refractivity contribution >= 4 is 29.9 Å². The first kappa shape index (κ1) is 21.3. The van der Waals surface area contributed by atoms with Gasteiger partial charge in [-0.05, 0) is 38.0 Å². The summed E-state index contributed by atoms with van der Waals surface area (Å²) >= 11 is 0. The fourth-order valence-electron chi connectivity index (χ4n) is 2.55. The maximum atomic E-state index is 11.8. The van der Waals surface area contributed by atoms with Crippen LogP contribution < -0.4 is 16.2 Å². The standard InChI is InChI=1S/C18H27N5O.HI/c1-16-8-7-9-17(24)23(16)14-4-3-10-20-18(19-2)21-11-15-22-12-5-6-13-22;/h5-9,12-13H,3-4,10-11,14-15H2,1-2H3,(H2,19,20,21);1H. The summed E-state index contributed by atoms with van der Waals surface area (Å²) in [6, 6.07) is 9.43. The number of nitrogens with one attached hydrogen (secondary N) is 2. The second kappa shape index (κ2) is 11.7. The quantitative estimate of drug-likeness (QED) is 0.277. The Labute approximate surface area is 166 Å². The molecule has 0 amide bonds. The first-order valence-electron chi connectivity index (χ1n) is 8.42. The molecule has 0 aromatic carbocycles. The van der Waals surface area contributed by atoms with E-state index < -0.39 is 0 Å². The number of nitrogens with zero attached hydrogens (tertiary/aromatic N) is 3. The monoisotopic (exact) mass is 457 g/mol. The lowest BCUT2D eigenvalue weighted by atomic mass is 10.3. The van der Waals surface area contributed by atoms with E-state index in [1.54, 1.807) is 19.2 Å². The second-order valence-corrected chi connectivity index (χ2v) is 5.71. The molecule has 6 nitrogen and oxygen atoms in total. The Hall–Kier alpha value is -1.77. The number of rotatable bonds is 8. The van der Waals surface area contributed by atoms with E-state index in [1.165, 1.54) is 0 Å². The van der Waals surface area contributed by atoms with Crippen LogP contribution in [0, 0.1) is 6.92 Å². The Morgan fingerprint density at radius 2 is 1.76 bits per heavy atom. The van der Waals surface area contributed by atoms with Crippen LogP contribution in [0.3, 0.4) is 0 Å². The second-order valence-electron chi connectivity index (χ2n) is 5.71. The number of hydrogen-bond acceptors (Lipinski definition) is 2. The molecule has 138 valence electrons. The van der Waals surface area contributed by atoms with Crippen molar-refractivity contribution < 1.29 is 0 Å². The molecule has 0 aliphatic carbocycles. The molecule has 0 saturated heterocycles. The van der Waals surface area contributed by atoms with E-state index in [-0.39, 0.29) is 29.5 Å². The molecule has 2 heterocycles. The molecule has 2 aromatic rings. The van der Waals surface area contributed by atoms with E-state index in [4.69, 9.17) is 0 Å². The molecule has 0 spiro atoms. The summed E-state index contributed by atoms with van der Waals surface area (Å²) in [7, 11) is 1.78. The Balaban J connectivity index is 0.00000312. The summed E-state index contributed by atoms with van der Waals surface area (Å²) in [4.78, 5) is 16.0. The van der Waals surface area contributed by atoms with E-state index in [1.807, 2.05) is 42.1 Å². The maximum absolute atomic E-state index is 11.8. The molecule has 2 aromatic heterocycles. The van der Waals surface area contributed by atoms with Gasteiger partial charge in [-0.1, -0.05) is 6.07 Å². The normalized spacial score (nSPS) is 11.0. The van der Waals surface area contributed by atoms with Crippen LogP contribution in [-0.2, 0) is 13.1 Å². The lowest BCUT2D eigenvalue weighted by Crippen LogP contribution is -2.39. The van der Waals surface area contributed by atoms with Gasteiger partial charge in [0, 0.05) is 57.4 Å². The molecule has 0 aliphatic heterocycles. The van der Waals surface area contributed by atoms with Crippen molar-refractivity contribution in [1.29, 1.82) is 0 Å². The zero-order chi connectivity index (χ0) is 17.2. The Morgan fingerprint density at radius 3 is 2.44 bits per heavy atom. The lowest BCUT2D eigenvalue weighted by molar-refractivity contribution is 0.573. The average molecular weight is 457 g/mol. The molecule has 0 radical (unpaired) electrons. The van der Waals surface area contributed by atoms with Gasteiger partial charge in [0.1, 0.15) is 0 Å². The fraction of sp³-hybridized carbons (Fsp3) is 0.444. The van der Waals surface area contributed by atoms with Crippen molar-refractivity contribution in [1.82, 2.24) is 19.8 Å². The summed E-state index contributed by atoms with van der Waals surface area (Å²) in [6.45, 7) is 5.30. The third-order valence-electron chi connectivity index (χ3n) is 3.92. The average Bonchev–Trinajstić information content (AvgIpc) is 3.08. The van der Waals surface area contributed by atoms with Gasteiger partial charge in [0.15, 0.2) is 5.96 Å². The highest BCUT2D eigenvalue weighted by Gasteiger charge is 2.00. The van der Waals surface area contributed by atoms with Crippen molar-refractivity contribution in [3.8, 4) is 0 Å². The van der Waals surface area contributed by atoms with Gasteiger partial charge in [-0.15, -0.1) is 24.0 Å². The zero-order valence-electron chi connectivity index (χ0n) is 14.9. The van der Waals surface area contributed by atoms with E-state index in [0.717, 1.165) is 50.7 Å². The minimum atomic E-state index is 0. The summed E-state index contributed by atoms with van der Waals surface area (Å²) < 4.78 is 3.95. The predicted octanol–water partition coefficient (Wildman–Crippen LogP) is 2.22. The highest BCUT2D eigenvalue weighted by atomic mass is 127. The minimum Gasteiger partial charge on any atom is -0.356 e. The number of pyridine rings is 1. The SMILES string of the molecule is CN=C(NCCCCn1c(C)cccc1=O)NCCn1cccc1.I. The number of aliphatic imine (C=N–C) groups is 1. The highest BCUT2D eigenvalue weighted by molar-refractivity contribution is 14.0. The van der Waals surface area contributed by atoms with Crippen LogP contribution in [0.1, 0.15) is 18.5 Å². The Bertz CT molecular complexity index is 694. The van der Waals surface area contributed by atoms with Gasteiger partial charge < -0.3 is 19.8 Å². The molecule has 0 aliphatic rings. The zero-order valence-corrected chi connectivity index (χ0v) is 17.3. The third-order valence-corrected chi connectivity index (χ3v) is 3.92. The van der Waals surface area contributed by atoms with E-state index >= 15 is 0 Å². The summed E-state index contributed by atoms with van der Waals surface area (Å²) in [6.07, 6.45) is 6.04. The number of unbranched alkanes of at least 4 members (excludes halogenated alkanes) is 1. The number of aromatic nitrogens is 2. The molecule has 0 bridgehead atoms. The van der Waals surface area contributed by atoms with Crippen LogP contribution >= 0.6 is 24.0 Å². The van der Waals surface area contributed by atoms with E-state index in [0.29, 0.717) is 0 Å². The molecule has 0 fully saturated rings. The molecular formula is C18H28IN5O. The Kier molecular flexibility index (Phi) is 9.98. The number of guanidine groups is 1. The van der Waals surface area contributed by atoms with Crippen molar-refractivity contribution in [2.75, 3.05) is 20.1 Å². The molecular weight excluding hydrogens is 429 g/mol. The van der Waals surface area contributed by atoms with Crippen LogP contribution in [0.2, 0.25) is 0 Å². The largest absolute Gasteiger partial charge is 0.356 e. The van der Waals surface area contributed by atoms with E-state index in [2.05, 4.69) is 20.2 Å². The number of aryl methyl sites for hydroxylation is 1. The molecule has 7 heteroatoms. The molecule has 25 heavy (non-hydrogen) atoms. The van der Waals surface area contributed by atoms with Gasteiger partial charge in [-0.25, -0.2) is 0 Å². The van der Waals surface area contributed by atoms with Crippen LogP contribution in [0.4, 0.5) is 0 Å². The van der Waals surface area contributed by atoms with Crippen molar-refractivity contribution in [2.45, 2.75) is 32.9 Å². The van der Waals surface area contributed by atoms with Gasteiger partial charge in [0.25, 0.3) is 5.56 Å². The lowest BCUT2D eigenvalue weighted by Gasteiger charge is -2.13. The van der Waals surface area contributed by atoms with E-state index in [9.17, 15) is 4.79 Å². The number of halogens is 1. The molecule has 0 atom stereocenters. The first-order valence-corrected chi connectivity index (χ1v) is 8.42. The maximum Gasteiger partial charge on any atom is 0.250 e. The van der Waals surface area contributed by atoms with Crippen molar-refractivity contribution in [3.63, 3.8) is 0 Å². The summed E-state index contributed by atoms with van der Waals surface area (Å²) in [5.41, 5.74) is 1.09. The summed E-state index contributed by atoms with van der Waals surface area (Å²) in [5, 5.41) is 6.60. The molecule has 0 unspecified atom stereocenters. The third kappa shape index (κ3) is 7.33. The smallest absolute Gasteiger partial charge is 0.250 e. The van der Waals surface area contributed by atoms with Crippen LogP contribution in [-0.4, -0.2) is 35.2 Å². The highest BCUT2D eigenvalue weighted by Crippen LogP contribution is 1.97. The van der Waals surface area contributed by atoms with Gasteiger partial charge in [-0.3, -0.25) is 9.79 Å². The van der Waals surface area contributed by atoms with Crippen molar-refractivity contribution in [2.24, 2.45) is 4.99 Å². The predicted molar refractivity (Wildman–Crippen MR) is 114 cm³/mol. The van der Waals surface area contributed by atoms with Gasteiger partial charge in [0.2, 0.25) is 0 Å². The number of hydrogen-bond donors (Lipinski definition) is 2. The molecule has 2 N–H and O–H groups in total.